The van der Waals surface area contributed by atoms with E-state index in [9.17, 15) is 0 Å². The van der Waals surface area contributed by atoms with E-state index in [1.807, 2.05) is 0 Å². The van der Waals surface area contributed by atoms with Gasteiger partial charge in [0.25, 0.3) is 0 Å². The van der Waals surface area contributed by atoms with Crippen molar-refractivity contribution in [2.75, 3.05) is 0 Å². The van der Waals surface area contributed by atoms with Crippen LogP contribution < -0.4 is 0 Å². The lowest BCUT2D eigenvalue weighted by Crippen LogP contribution is -1.83. The number of rotatable bonds is 16. The van der Waals surface area contributed by atoms with Crippen molar-refractivity contribution in [3.05, 3.63) is 6.42 Å². The van der Waals surface area contributed by atoms with Gasteiger partial charge in [0, 0.05) is 0 Å². The van der Waals surface area contributed by atoms with Crippen molar-refractivity contribution in [1.29, 1.82) is 0 Å². The second-order valence-electron chi connectivity index (χ2n) is 6.11. The molecule has 0 saturated heterocycles. The third kappa shape index (κ3) is 18.0. The molecule has 0 spiro atoms. The first-order valence-electron chi connectivity index (χ1n) is 9.23. The summed E-state index contributed by atoms with van der Waals surface area (Å²) in [5, 5.41) is 0. The van der Waals surface area contributed by atoms with Crippen molar-refractivity contribution in [3.63, 3.8) is 0 Å². The zero-order valence-corrected chi connectivity index (χ0v) is 13.9. The maximum Gasteiger partial charge on any atom is -0.0386 e. The van der Waals surface area contributed by atoms with Gasteiger partial charge < -0.3 is 0 Å². The minimum absolute atomic E-state index is 1.32. The van der Waals surface area contributed by atoms with Gasteiger partial charge >= 0.3 is 0 Å². The molecular weight excluding hydrogens is 228 g/mol. The van der Waals surface area contributed by atoms with Crippen LogP contribution in [0, 0.1) is 6.42 Å². The van der Waals surface area contributed by atoms with E-state index >= 15 is 0 Å². The molecule has 19 heavy (non-hydrogen) atoms. The molecule has 0 unspecified atom stereocenters. The molecule has 0 rings (SSSR count). The van der Waals surface area contributed by atoms with Crippen LogP contribution in [0.3, 0.4) is 0 Å². The SMILES string of the molecule is CCC[CH]CCCCCCCCCCCCCCC. The van der Waals surface area contributed by atoms with Gasteiger partial charge in [0.15, 0.2) is 0 Å². The molecule has 0 aliphatic rings. The fourth-order valence-electron chi connectivity index (χ4n) is 2.65. The zero-order valence-electron chi connectivity index (χ0n) is 13.9. The van der Waals surface area contributed by atoms with Crippen molar-refractivity contribution in [3.8, 4) is 0 Å². The summed E-state index contributed by atoms with van der Waals surface area (Å²) in [6, 6.07) is 0. The largest absolute Gasteiger partial charge is 0.0654 e. The predicted molar refractivity (Wildman–Crippen MR) is 89.5 cm³/mol. The van der Waals surface area contributed by atoms with Gasteiger partial charge in [-0.2, -0.15) is 0 Å². The van der Waals surface area contributed by atoms with E-state index in [0.29, 0.717) is 0 Å². The van der Waals surface area contributed by atoms with Gasteiger partial charge in [0.1, 0.15) is 0 Å². The van der Waals surface area contributed by atoms with Gasteiger partial charge in [-0.25, -0.2) is 0 Å². The van der Waals surface area contributed by atoms with Gasteiger partial charge in [-0.15, -0.1) is 0 Å². The van der Waals surface area contributed by atoms with Crippen LogP contribution in [0.25, 0.3) is 0 Å². The molecule has 0 nitrogen and oxygen atoms in total. The lowest BCUT2D eigenvalue weighted by Gasteiger charge is -2.03. The van der Waals surface area contributed by atoms with Gasteiger partial charge in [0.2, 0.25) is 0 Å². The Bertz CT molecular complexity index is 123. The Morgan fingerprint density at radius 3 is 1.26 bits per heavy atom. The topological polar surface area (TPSA) is 0 Å². The molecule has 0 aromatic rings. The Labute approximate surface area is 123 Å². The van der Waals surface area contributed by atoms with Crippen LogP contribution in [0.1, 0.15) is 117 Å². The number of hydrogen-bond donors (Lipinski definition) is 0. The molecule has 0 heteroatoms. The van der Waals surface area contributed by atoms with Crippen LogP contribution in [-0.4, -0.2) is 0 Å². The fourth-order valence-corrected chi connectivity index (χ4v) is 2.65. The molecule has 0 N–H and O–H groups in total. The molecule has 0 bridgehead atoms. The van der Waals surface area contributed by atoms with Crippen LogP contribution in [0.4, 0.5) is 0 Å². The first-order chi connectivity index (χ1) is 9.41. The fraction of sp³-hybridized carbons (Fsp3) is 0.947. The molecule has 0 saturated carbocycles. The summed E-state index contributed by atoms with van der Waals surface area (Å²) in [5.41, 5.74) is 0. The minimum Gasteiger partial charge on any atom is -0.0654 e. The molecular formula is C19H39. The highest BCUT2D eigenvalue weighted by Crippen LogP contribution is 2.13. The Morgan fingerprint density at radius 1 is 0.421 bits per heavy atom. The minimum atomic E-state index is 1.32. The smallest absolute Gasteiger partial charge is 0.0386 e. The van der Waals surface area contributed by atoms with E-state index in [0.717, 1.165) is 0 Å². The van der Waals surface area contributed by atoms with E-state index in [1.165, 1.54) is 103 Å². The Balaban J connectivity index is 2.88. The third-order valence-corrected chi connectivity index (χ3v) is 4.00. The van der Waals surface area contributed by atoms with Crippen LogP contribution in [0.15, 0.2) is 0 Å². The maximum atomic E-state index is 2.47. The Kier molecular flexibility index (Phi) is 18.0. The molecule has 0 heterocycles. The van der Waals surface area contributed by atoms with E-state index < -0.39 is 0 Å². The normalized spacial score (nSPS) is 11.1. The number of unbranched alkanes of at least 4 members (excludes halogenated alkanes) is 16. The summed E-state index contributed by atoms with van der Waals surface area (Å²) in [6.07, 6.45) is 25.4. The molecule has 0 aromatic carbocycles. The lowest BCUT2D eigenvalue weighted by atomic mass is 10.0. The van der Waals surface area contributed by atoms with Crippen LogP contribution in [0.5, 0.6) is 0 Å². The zero-order chi connectivity index (χ0) is 14.0. The molecule has 0 aliphatic heterocycles. The van der Waals surface area contributed by atoms with Crippen LogP contribution in [0.2, 0.25) is 0 Å². The highest BCUT2D eigenvalue weighted by molar-refractivity contribution is 4.62. The molecule has 0 amide bonds. The van der Waals surface area contributed by atoms with E-state index in [4.69, 9.17) is 0 Å². The average Bonchev–Trinajstić information content (AvgIpc) is 2.43. The first-order valence-corrected chi connectivity index (χ1v) is 9.23. The highest BCUT2D eigenvalue weighted by Gasteiger charge is 1.94. The van der Waals surface area contributed by atoms with Crippen molar-refractivity contribution in [2.24, 2.45) is 0 Å². The van der Waals surface area contributed by atoms with Crippen molar-refractivity contribution < 1.29 is 0 Å². The summed E-state index contributed by atoms with van der Waals surface area (Å²) in [7, 11) is 0. The van der Waals surface area contributed by atoms with Gasteiger partial charge in [-0.3, -0.25) is 0 Å². The monoisotopic (exact) mass is 267 g/mol. The summed E-state index contributed by atoms with van der Waals surface area (Å²) < 4.78 is 0. The number of hydrogen-bond acceptors (Lipinski definition) is 0. The third-order valence-electron chi connectivity index (χ3n) is 4.00. The summed E-state index contributed by atoms with van der Waals surface area (Å²) in [4.78, 5) is 0. The van der Waals surface area contributed by atoms with E-state index in [-0.39, 0.29) is 0 Å². The van der Waals surface area contributed by atoms with Crippen molar-refractivity contribution in [1.82, 2.24) is 0 Å². The molecule has 0 atom stereocenters. The summed E-state index contributed by atoms with van der Waals surface area (Å²) in [6.45, 7) is 4.56. The second-order valence-corrected chi connectivity index (χ2v) is 6.11. The van der Waals surface area contributed by atoms with Gasteiger partial charge in [0.05, 0.1) is 0 Å². The first kappa shape index (κ1) is 19.0. The molecule has 0 aromatic heterocycles. The Hall–Kier alpha value is 0. The maximum absolute atomic E-state index is 2.47. The van der Waals surface area contributed by atoms with Crippen LogP contribution in [-0.2, 0) is 0 Å². The van der Waals surface area contributed by atoms with Crippen molar-refractivity contribution >= 4 is 0 Å². The second kappa shape index (κ2) is 18.0. The summed E-state index contributed by atoms with van der Waals surface area (Å²) in [5.74, 6) is 0. The van der Waals surface area contributed by atoms with Crippen molar-refractivity contribution in [2.45, 2.75) is 117 Å². The molecule has 0 aliphatic carbocycles. The molecule has 0 fully saturated rings. The standard InChI is InChI=1S/C19H39/c1-3-5-7-9-11-13-15-17-19-18-16-14-12-10-8-6-4-2/h7H,3-6,8-19H2,1-2H3. The predicted octanol–water partition coefficient (Wildman–Crippen LogP) is 7.47. The molecule has 115 valence electrons. The van der Waals surface area contributed by atoms with Crippen LogP contribution >= 0.6 is 0 Å². The highest BCUT2D eigenvalue weighted by atomic mass is 14.0. The summed E-state index contributed by atoms with van der Waals surface area (Å²) >= 11 is 0. The van der Waals surface area contributed by atoms with E-state index in [2.05, 4.69) is 20.3 Å². The van der Waals surface area contributed by atoms with Gasteiger partial charge in [-0.1, -0.05) is 117 Å². The Morgan fingerprint density at radius 2 is 0.842 bits per heavy atom. The molecule has 1 radical (unpaired) electrons. The average molecular weight is 268 g/mol. The lowest BCUT2D eigenvalue weighted by molar-refractivity contribution is 0.538. The quantitative estimate of drug-likeness (QED) is 0.254. The van der Waals surface area contributed by atoms with Gasteiger partial charge in [-0.05, 0) is 6.42 Å². The van der Waals surface area contributed by atoms with E-state index in [1.54, 1.807) is 0 Å².